The number of halogens is 2. The molecule has 0 aliphatic heterocycles. The molecule has 34 heavy (non-hydrogen) atoms. The molecule has 0 aromatic heterocycles. The van der Waals surface area contributed by atoms with Crippen LogP contribution in [-0.4, -0.2) is 12.6 Å². The molecule has 5 heteroatoms. The molecule has 2 aromatic carbocycles. The quantitative estimate of drug-likeness (QED) is 0.244. The molecule has 186 valence electrons. The van der Waals surface area contributed by atoms with E-state index in [0.717, 1.165) is 12.3 Å². The van der Waals surface area contributed by atoms with E-state index in [-0.39, 0.29) is 11.5 Å². The first-order chi connectivity index (χ1) is 16.4. The van der Waals surface area contributed by atoms with Crippen LogP contribution in [0.3, 0.4) is 0 Å². The minimum absolute atomic E-state index is 0.240. The molecule has 1 atom stereocenters. The summed E-state index contributed by atoms with van der Waals surface area (Å²) in [5, 5.41) is 0. The lowest BCUT2D eigenvalue weighted by molar-refractivity contribution is 0.0726. The Morgan fingerprint density at radius 3 is 2.29 bits per heavy atom. The molecule has 0 amide bonds. The summed E-state index contributed by atoms with van der Waals surface area (Å²) in [6.07, 6.45) is 10.2. The highest BCUT2D eigenvalue weighted by atomic mass is 19.2. The van der Waals surface area contributed by atoms with E-state index in [0.29, 0.717) is 30.3 Å². The van der Waals surface area contributed by atoms with Crippen LogP contribution < -0.4 is 9.47 Å². The Morgan fingerprint density at radius 2 is 1.65 bits per heavy atom. The highest BCUT2D eigenvalue weighted by Crippen LogP contribution is 2.32. The van der Waals surface area contributed by atoms with Crippen molar-refractivity contribution in [2.45, 2.75) is 78.6 Å². The highest BCUT2D eigenvalue weighted by Gasteiger charge is 2.22. The van der Waals surface area contributed by atoms with Crippen LogP contribution in [0.4, 0.5) is 8.78 Å². The molecule has 0 N–H and O–H groups in total. The van der Waals surface area contributed by atoms with Gasteiger partial charge in [-0.05, 0) is 72.9 Å². The molecule has 0 saturated heterocycles. The van der Waals surface area contributed by atoms with E-state index in [1.165, 1.54) is 57.1 Å². The van der Waals surface area contributed by atoms with Crippen LogP contribution in [-0.2, 0) is 6.42 Å². The van der Waals surface area contributed by atoms with E-state index in [1.54, 1.807) is 24.3 Å². The van der Waals surface area contributed by atoms with Crippen LogP contribution >= 0.6 is 0 Å². The lowest BCUT2D eigenvalue weighted by Crippen LogP contribution is -2.20. The fourth-order valence-electron chi connectivity index (χ4n) is 4.57. The van der Waals surface area contributed by atoms with Crippen LogP contribution in [0.2, 0.25) is 0 Å². The van der Waals surface area contributed by atoms with Crippen molar-refractivity contribution >= 4 is 5.97 Å². The minimum Gasteiger partial charge on any atom is -0.493 e. The molecule has 0 bridgehead atoms. The van der Waals surface area contributed by atoms with Crippen molar-refractivity contribution < 1.29 is 23.0 Å². The van der Waals surface area contributed by atoms with Gasteiger partial charge < -0.3 is 9.47 Å². The Hall–Kier alpha value is -2.43. The molecule has 0 heterocycles. The largest absolute Gasteiger partial charge is 0.493 e. The van der Waals surface area contributed by atoms with Crippen LogP contribution in [0.25, 0.3) is 0 Å². The molecule has 0 unspecified atom stereocenters. The average molecular weight is 473 g/mol. The van der Waals surface area contributed by atoms with Crippen molar-refractivity contribution in [1.82, 2.24) is 0 Å². The smallest absolute Gasteiger partial charge is 0.343 e. The van der Waals surface area contributed by atoms with Crippen molar-refractivity contribution in [1.29, 1.82) is 0 Å². The second-order valence-electron chi connectivity index (χ2n) is 9.82. The van der Waals surface area contributed by atoms with Gasteiger partial charge in [0.1, 0.15) is 5.75 Å². The lowest BCUT2D eigenvalue weighted by atomic mass is 9.80. The molecule has 0 spiro atoms. The zero-order valence-corrected chi connectivity index (χ0v) is 20.7. The van der Waals surface area contributed by atoms with Gasteiger partial charge in [-0.3, -0.25) is 0 Å². The maximum Gasteiger partial charge on any atom is 0.343 e. The summed E-state index contributed by atoms with van der Waals surface area (Å²) >= 11 is 0. The molecule has 1 fully saturated rings. The Kier molecular flexibility index (Phi) is 9.91. The fourth-order valence-corrected chi connectivity index (χ4v) is 4.57. The second-order valence-corrected chi connectivity index (χ2v) is 9.82. The van der Waals surface area contributed by atoms with Crippen LogP contribution in [0.15, 0.2) is 36.4 Å². The Labute approximate surface area is 202 Å². The summed E-state index contributed by atoms with van der Waals surface area (Å²) in [6, 6.07) is 9.42. The standard InChI is InChI=1S/C29H38F2O3/c1-4-6-7-21-8-10-22(11-9-21)19-33-25-15-12-23(13-16-25)29(32)34-26-17-14-24(18-20(3)5-2)27(30)28(26)31/h12-17,20-22H,4-11,18-19H2,1-3H3/t20-,21?,22?/m0/s1. The monoisotopic (exact) mass is 472 g/mol. The van der Waals surface area contributed by atoms with Crippen molar-refractivity contribution in [3.63, 3.8) is 0 Å². The summed E-state index contributed by atoms with van der Waals surface area (Å²) in [5.74, 6) is -0.831. The SMILES string of the molecule is CCCCC1CCC(COc2ccc(C(=O)Oc3ccc(C[C@@H](C)CC)c(F)c3F)cc2)CC1. The summed E-state index contributed by atoms with van der Waals surface area (Å²) in [4.78, 5) is 12.5. The third-order valence-electron chi connectivity index (χ3n) is 7.10. The molecular formula is C29H38F2O3. The predicted octanol–water partition coefficient (Wildman–Crippen LogP) is 8.15. The summed E-state index contributed by atoms with van der Waals surface area (Å²) in [5.41, 5.74) is 0.551. The normalized spacial score (nSPS) is 19.0. The Morgan fingerprint density at radius 1 is 0.971 bits per heavy atom. The summed E-state index contributed by atoms with van der Waals surface area (Å²) in [7, 11) is 0. The first-order valence-electron chi connectivity index (χ1n) is 12.8. The predicted molar refractivity (Wildman–Crippen MR) is 131 cm³/mol. The van der Waals surface area contributed by atoms with Crippen LogP contribution in [0.1, 0.15) is 88.1 Å². The Balaban J connectivity index is 1.50. The van der Waals surface area contributed by atoms with Gasteiger partial charge in [0.25, 0.3) is 0 Å². The zero-order valence-electron chi connectivity index (χ0n) is 20.7. The van der Waals surface area contributed by atoms with E-state index in [4.69, 9.17) is 9.47 Å². The molecule has 1 aliphatic carbocycles. The number of rotatable bonds is 11. The molecule has 3 nitrogen and oxygen atoms in total. The molecule has 3 rings (SSSR count). The number of ether oxygens (including phenoxy) is 2. The number of benzene rings is 2. The van der Waals surface area contributed by atoms with Gasteiger partial charge in [0.2, 0.25) is 5.82 Å². The van der Waals surface area contributed by atoms with Gasteiger partial charge in [-0.1, -0.05) is 65.4 Å². The van der Waals surface area contributed by atoms with E-state index in [2.05, 4.69) is 6.92 Å². The number of hydrogen-bond acceptors (Lipinski definition) is 3. The number of hydrogen-bond donors (Lipinski definition) is 0. The van der Waals surface area contributed by atoms with E-state index >= 15 is 0 Å². The first-order valence-corrected chi connectivity index (χ1v) is 12.8. The van der Waals surface area contributed by atoms with Crippen molar-refractivity contribution in [3.8, 4) is 11.5 Å². The molecule has 0 radical (unpaired) electrons. The highest BCUT2D eigenvalue weighted by molar-refractivity contribution is 5.91. The third-order valence-corrected chi connectivity index (χ3v) is 7.10. The number of carbonyl (C=O) groups is 1. The maximum absolute atomic E-state index is 14.4. The van der Waals surface area contributed by atoms with Crippen LogP contribution in [0.5, 0.6) is 11.5 Å². The zero-order chi connectivity index (χ0) is 24.5. The molecular weight excluding hydrogens is 434 g/mol. The van der Waals surface area contributed by atoms with Gasteiger partial charge in [-0.25, -0.2) is 9.18 Å². The summed E-state index contributed by atoms with van der Waals surface area (Å²) < 4.78 is 39.9. The maximum atomic E-state index is 14.4. The average Bonchev–Trinajstić information content (AvgIpc) is 2.86. The topological polar surface area (TPSA) is 35.5 Å². The number of unbranched alkanes of at least 4 members (excludes halogenated alkanes) is 1. The van der Waals surface area contributed by atoms with E-state index in [1.807, 2.05) is 13.8 Å². The van der Waals surface area contributed by atoms with Gasteiger partial charge in [-0.15, -0.1) is 0 Å². The lowest BCUT2D eigenvalue weighted by Gasteiger charge is -2.28. The number of carbonyl (C=O) groups excluding carboxylic acids is 1. The van der Waals surface area contributed by atoms with E-state index in [9.17, 15) is 13.6 Å². The van der Waals surface area contributed by atoms with Gasteiger partial charge in [0, 0.05) is 0 Å². The van der Waals surface area contributed by atoms with E-state index < -0.39 is 23.4 Å². The van der Waals surface area contributed by atoms with Crippen molar-refractivity contribution in [2.24, 2.45) is 17.8 Å². The van der Waals surface area contributed by atoms with Gasteiger partial charge >= 0.3 is 5.97 Å². The molecule has 2 aromatic rings. The number of esters is 1. The Bertz CT molecular complexity index is 918. The third kappa shape index (κ3) is 7.28. The van der Waals surface area contributed by atoms with Gasteiger partial charge in [0.15, 0.2) is 11.6 Å². The van der Waals surface area contributed by atoms with Crippen LogP contribution in [0, 0.1) is 29.4 Å². The van der Waals surface area contributed by atoms with Gasteiger partial charge in [-0.2, -0.15) is 4.39 Å². The molecule has 1 aliphatic rings. The minimum atomic E-state index is -1.13. The second kappa shape index (κ2) is 12.9. The summed E-state index contributed by atoms with van der Waals surface area (Å²) in [6.45, 7) is 6.91. The molecule has 1 saturated carbocycles. The first kappa shape index (κ1) is 26.2. The van der Waals surface area contributed by atoms with Crippen molar-refractivity contribution in [3.05, 3.63) is 59.2 Å². The van der Waals surface area contributed by atoms with Crippen molar-refractivity contribution in [2.75, 3.05) is 6.61 Å². The fraction of sp³-hybridized carbons (Fsp3) is 0.552. The van der Waals surface area contributed by atoms with Gasteiger partial charge in [0.05, 0.1) is 12.2 Å².